The Morgan fingerprint density at radius 3 is 1.72 bits per heavy atom. The lowest BCUT2D eigenvalue weighted by molar-refractivity contribution is -0.469. The van der Waals surface area contributed by atoms with E-state index < -0.39 is 111 Å². The maximum atomic E-state index is 10.8. The minimum Gasteiger partial charge on any atom is -0.394 e. The van der Waals surface area contributed by atoms with Crippen molar-refractivity contribution in [2.75, 3.05) is 19.8 Å². The van der Waals surface area contributed by atoms with E-state index in [2.05, 4.69) is 0 Å². The second-order valence-electron chi connectivity index (χ2n) is 8.99. The van der Waals surface area contributed by atoms with Crippen LogP contribution >= 0.6 is 0 Å². The van der Waals surface area contributed by atoms with Gasteiger partial charge in [0.15, 0.2) is 18.9 Å². The van der Waals surface area contributed by atoms with Gasteiger partial charge in [0.25, 0.3) is 0 Å². The predicted molar refractivity (Wildman–Crippen MR) is 109 cm³/mol. The topological polar surface area (TPSA) is 327 Å². The van der Waals surface area contributed by atoms with Crippen LogP contribution in [0.1, 0.15) is 0 Å². The summed E-state index contributed by atoms with van der Waals surface area (Å²) in [6.45, 7) is -2.92. The average Bonchev–Trinajstić information content (AvgIpc) is 2.85. The van der Waals surface area contributed by atoms with Crippen LogP contribution in [0.3, 0.4) is 0 Å². The minimum atomic E-state index is -3.39. The van der Waals surface area contributed by atoms with Crippen molar-refractivity contribution >= 4 is 0 Å². The molecule has 3 aliphatic rings. The Balaban J connectivity index is 1.76. The van der Waals surface area contributed by atoms with Gasteiger partial charge < -0.3 is 92.0 Å². The number of hydrogen-bond donors (Lipinski definition) is 13. The summed E-state index contributed by atoms with van der Waals surface area (Å²) in [6.07, 6.45) is -16.2. The molecule has 2 unspecified atom stereocenters. The van der Waals surface area contributed by atoms with Crippen molar-refractivity contribution in [2.24, 2.45) is 17.2 Å². The summed E-state index contributed by atoms with van der Waals surface area (Å²) in [4.78, 5) is 0. The normalized spacial score (nSPS) is 51.8. The number of aliphatic hydroxyl groups excluding tert-OH is 7. The maximum Gasteiger partial charge on any atom is 0.249 e. The molecule has 0 aromatic carbocycles. The first-order valence-electron chi connectivity index (χ1n) is 11.0. The fraction of sp³-hybridized carbons (Fsp3) is 1.00. The van der Waals surface area contributed by atoms with Gasteiger partial charge in [-0.25, -0.2) is 0 Å². The standard InChI is InChI=1S/C18H35N3O15/c19-6-9(25)11(4(1-22)32-14(6)28)34-15-7(20)10(26)12(5(2-23)33-15)35-16-8(21)13(27)18(30,31)17(29,3-24)36-16/h4-16,22-31H,1-3,19-21H2/t4-,5-,6-,7-,8-,9-,10-,11?,12?,13-,14-,15+,16+,17-/m1/s1. The lowest BCUT2D eigenvalue weighted by atomic mass is 9.90. The van der Waals surface area contributed by atoms with Gasteiger partial charge in [-0.15, -0.1) is 0 Å². The lowest BCUT2D eigenvalue weighted by Crippen LogP contribution is -2.76. The summed E-state index contributed by atoms with van der Waals surface area (Å²) >= 11 is 0. The minimum absolute atomic E-state index is 0.699. The zero-order chi connectivity index (χ0) is 27.2. The van der Waals surface area contributed by atoms with E-state index in [0.717, 1.165) is 0 Å². The van der Waals surface area contributed by atoms with E-state index >= 15 is 0 Å². The number of nitrogens with two attached hydrogens (primary N) is 3. The van der Waals surface area contributed by atoms with Crippen LogP contribution in [0.4, 0.5) is 0 Å². The predicted octanol–water partition coefficient (Wildman–Crippen LogP) is -9.03. The monoisotopic (exact) mass is 533 g/mol. The van der Waals surface area contributed by atoms with Crippen LogP contribution in [0.25, 0.3) is 0 Å². The number of ether oxygens (including phenoxy) is 5. The Kier molecular flexibility index (Phi) is 9.26. The van der Waals surface area contributed by atoms with E-state index in [1.165, 1.54) is 0 Å². The molecule has 0 saturated carbocycles. The van der Waals surface area contributed by atoms with Gasteiger partial charge in [0.05, 0.1) is 31.3 Å². The second-order valence-corrected chi connectivity index (χ2v) is 8.99. The Morgan fingerprint density at radius 1 is 0.694 bits per heavy atom. The molecule has 16 N–H and O–H groups in total. The first-order chi connectivity index (χ1) is 16.7. The molecule has 212 valence electrons. The Hall–Kier alpha value is -0.720. The molecule has 0 aliphatic carbocycles. The molecule has 3 rings (SSSR count). The largest absolute Gasteiger partial charge is 0.394 e. The Bertz CT molecular complexity index is 734. The molecule has 0 spiro atoms. The highest BCUT2D eigenvalue weighted by Gasteiger charge is 2.64. The quantitative estimate of drug-likeness (QED) is 0.135. The van der Waals surface area contributed by atoms with Crippen LogP contribution in [-0.2, 0) is 23.7 Å². The van der Waals surface area contributed by atoms with Crippen molar-refractivity contribution in [2.45, 2.75) is 91.3 Å². The smallest absolute Gasteiger partial charge is 0.249 e. The van der Waals surface area contributed by atoms with Gasteiger partial charge in [-0.05, 0) is 0 Å². The van der Waals surface area contributed by atoms with Gasteiger partial charge in [-0.3, -0.25) is 0 Å². The molecule has 0 amide bonds. The zero-order valence-corrected chi connectivity index (χ0v) is 18.9. The molecule has 3 heterocycles. The van der Waals surface area contributed by atoms with Crippen molar-refractivity contribution in [3.05, 3.63) is 0 Å². The van der Waals surface area contributed by atoms with Crippen molar-refractivity contribution < 1.29 is 74.7 Å². The highest BCUT2D eigenvalue weighted by molar-refractivity contribution is 5.02. The molecule has 3 aliphatic heterocycles. The third-order valence-corrected chi connectivity index (χ3v) is 6.60. The number of hydrogen-bond acceptors (Lipinski definition) is 18. The molecule has 14 atom stereocenters. The molecule has 18 nitrogen and oxygen atoms in total. The second kappa shape index (κ2) is 11.2. The van der Waals surface area contributed by atoms with E-state index in [4.69, 9.17) is 40.9 Å². The van der Waals surface area contributed by atoms with E-state index in [9.17, 15) is 51.1 Å². The summed E-state index contributed by atoms with van der Waals surface area (Å²) in [5.41, 5.74) is 17.4. The van der Waals surface area contributed by atoms with E-state index in [-0.39, 0.29) is 0 Å². The molecular weight excluding hydrogens is 498 g/mol. The summed E-state index contributed by atoms with van der Waals surface area (Å²) in [7, 11) is 0. The molecule has 18 heteroatoms. The highest BCUT2D eigenvalue weighted by Crippen LogP contribution is 2.36. The van der Waals surface area contributed by atoms with Gasteiger partial charge in [0.1, 0.15) is 49.3 Å². The van der Waals surface area contributed by atoms with E-state index in [0.29, 0.717) is 0 Å². The SMILES string of the molecule is N[C@H]1[C@@H](OC2[C@@H](CO)O[C@@H](OC3[C@@H](CO)O[C@@H](O)[C@H](N)[C@H]3O)[C@H](N)[C@H]2O)O[C@](O)(CO)C(O)(O)[C@@H]1O. The average molecular weight is 533 g/mol. The summed E-state index contributed by atoms with van der Waals surface area (Å²) in [5.74, 6) is -6.54. The van der Waals surface area contributed by atoms with Crippen molar-refractivity contribution in [1.82, 2.24) is 0 Å². The van der Waals surface area contributed by atoms with E-state index in [1.54, 1.807) is 0 Å². The van der Waals surface area contributed by atoms with Gasteiger partial charge >= 0.3 is 0 Å². The Morgan fingerprint density at radius 2 is 1.19 bits per heavy atom. The maximum absolute atomic E-state index is 10.8. The summed E-state index contributed by atoms with van der Waals surface area (Å²) in [6, 6.07) is -4.51. The van der Waals surface area contributed by atoms with Crippen molar-refractivity contribution in [3.8, 4) is 0 Å². The van der Waals surface area contributed by atoms with Gasteiger partial charge in [0, 0.05) is 0 Å². The van der Waals surface area contributed by atoms with Crippen molar-refractivity contribution in [1.29, 1.82) is 0 Å². The number of rotatable bonds is 7. The molecule has 0 bridgehead atoms. The molecule has 0 aromatic heterocycles. The van der Waals surface area contributed by atoms with Crippen LogP contribution in [-0.4, -0.2) is 162 Å². The Labute approximate surface area is 203 Å². The van der Waals surface area contributed by atoms with E-state index in [1.807, 2.05) is 0 Å². The molecule has 0 radical (unpaired) electrons. The lowest BCUT2D eigenvalue weighted by Gasteiger charge is -2.51. The highest BCUT2D eigenvalue weighted by atomic mass is 16.8. The zero-order valence-electron chi connectivity index (χ0n) is 18.9. The van der Waals surface area contributed by atoms with Crippen LogP contribution in [0, 0.1) is 0 Å². The molecule has 3 saturated heterocycles. The molecule has 36 heavy (non-hydrogen) atoms. The van der Waals surface area contributed by atoms with Crippen LogP contribution in [0.5, 0.6) is 0 Å². The fourth-order valence-corrected chi connectivity index (χ4v) is 4.24. The van der Waals surface area contributed by atoms with Crippen LogP contribution < -0.4 is 17.2 Å². The first-order valence-corrected chi connectivity index (χ1v) is 11.0. The fourth-order valence-electron chi connectivity index (χ4n) is 4.24. The van der Waals surface area contributed by atoms with Gasteiger partial charge in [-0.2, -0.15) is 0 Å². The molecular formula is C18H35N3O15. The van der Waals surface area contributed by atoms with Crippen LogP contribution in [0.15, 0.2) is 0 Å². The summed E-state index contributed by atoms with van der Waals surface area (Å²) < 4.78 is 26.7. The van der Waals surface area contributed by atoms with Crippen LogP contribution in [0.2, 0.25) is 0 Å². The third-order valence-electron chi connectivity index (χ3n) is 6.60. The third kappa shape index (κ3) is 5.12. The molecule has 3 fully saturated rings. The number of aliphatic hydroxyl groups is 10. The van der Waals surface area contributed by atoms with Crippen molar-refractivity contribution in [3.63, 3.8) is 0 Å². The van der Waals surface area contributed by atoms with Gasteiger partial charge in [0.2, 0.25) is 11.6 Å². The molecule has 0 aromatic rings. The van der Waals surface area contributed by atoms with Gasteiger partial charge in [-0.1, -0.05) is 0 Å². The summed E-state index contributed by atoms with van der Waals surface area (Å²) in [5, 5.41) is 99.9. The first kappa shape index (κ1) is 29.8.